The van der Waals surface area contributed by atoms with E-state index in [4.69, 9.17) is 5.73 Å². The Hall–Kier alpha value is -2.82. The van der Waals surface area contributed by atoms with E-state index in [-0.39, 0.29) is 5.91 Å². The van der Waals surface area contributed by atoms with Crippen molar-refractivity contribution in [2.24, 2.45) is 5.73 Å². The molecule has 0 spiro atoms. The molecule has 0 aromatic heterocycles. The van der Waals surface area contributed by atoms with Gasteiger partial charge in [0.1, 0.15) is 0 Å². The van der Waals surface area contributed by atoms with Crippen LogP contribution in [0.25, 0.3) is 0 Å². The minimum atomic E-state index is -0.458. The average molecular weight is 283 g/mol. The molecule has 21 heavy (non-hydrogen) atoms. The first-order chi connectivity index (χ1) is 9.97. The highest BCUT2D eigenvalue weighted by atomic mass is 16.2. The van der Waals surface area contributed by atoms with Crippen LogP contribution >= 0.6 is 0 Å². The van der Waals surface area contributed by atoms with Gasteiger partial charge in [-0.2, -0.15) is 0 Å². The van der Waals surface area contributed by atoms with Gasteiger partial charge < -0.3 is 16.0 Å². The van der Waals surface area contributed by atoms with E-state index in [0.29, 0.717) is 11.1 Å². The zero-order valence-electron chi connectivity index (χ0n) is 12.0. The molecule has 0 fully saturated rings. The van der Waals surface area contributed by atoms with Crippen LogP contribution in [0, 0.1) is 0 Å². The van der Waals surface area contributed by atoms with Crippen LogP contribution in [0.1, 0.15) is 20.7 Å². The van der Waals surface area contributed by atoms with Crippen LogP contribution in [0.15, 0.2) is 48.5 Å². The van der Waals surface area contributed by atoms with Crippen LogP contribution in [-0.4, -0.2) is 30.8 Å². The minimum absolute atomic E-state index is 0.0530. The maximum Gasteiger partial charge on any atom is 0.253 e. The molecule has 0 atom stereocenters. The van der Waals surface area contributed by atoms with Crippen molar-refractivity contribution in [3.63, 3.8) is 0 Å². The SMILES string of the molecule is CN(C)C(=O)c1cccc(Nc2ccc(C(N)=O)cc2)c1. The molecule has 5 nitrogen and oxygen atoms in total. The molecule has 108 valence electrons. The Balaban J connectivity index is 2.18. The van der Waals surface area contributed by atoms with Crippen molar-refractivity contribution in [2.45, 2.75) is 0 Å². The van der Waals surface area contributed by atoms with Crippen molar-refractivity contribution in [1.82, 2.24) is 4.90 Å². The van der Waals surface area contributed by atoms with E-state index in [2.05, 4.69) is 5.32 Å². The topological polar surface area (TPSA) is 75.4 Å². The van der Waals surface area contributed by atoms with Crippen molar-refractivity contribution in [2.75, 3.05) is 19.4 Å². The molecular formula is C16H17N3O2. The zero-order chi connectivity index (χ0) is 15.4. The van der Waals surface area contributed by atoms with Crippen molar-refractivity contribution < 1.29 is 9.59 Å². The summed E-state index contributed by atoms with van der Waals surface area (Å²) in [6, 6.07) is 14.1. The van der Waals surface area contributed by atoms with Gasteiger partial charge in [-0.05, 0) is 42.5 Å². The smallest absolute Gasteiger partial charge is 0.253 e. The number of anilines is 2. The van der Waals surface area contributed by atoms with E-state index < -0.39 is 5.91 Å². The summed E-state index contributed by atoms with van der Waals surface area (Å²) in [5, 5.41) is 3.18. The monoisotopic (exact) mass is 283 g/mol. The van der Waals surface area contributed by atoms with Gasteiger partial charge in [-0.15, -0.1) is 0 Å². The van der Waals surface area contributed by atoms with Crippen molar-refractivity contribution in [1.29, 1.82) is 0 Å². The lowest BCUT2D eigenvalue weighted by molar-refractivity contribution is 0.0827. The second kappa shape index (κ2) is 6.09. The second-order valence-corrected chi connectivity index (χ2v) is 4.85. The van der Waals surface area contributed by atoms with Crippen molar-refractivity contribution in [3.8, 4) is 0 Å². The molecule has 0 heterocycles. The quantitative estimate of drug-likeness (QED) is 0.903. The number of primary amides is 1. The van der Waals surface area contributed by atoms with Crippen LogP contribution in [0.2, 0.25) is 0 Å². The Labute approximate surface area is 123 Å². The molecule has 0 bridgehead atoms. The highest BCUT2D eigenvalue weighted by molar-refractivity contribution is 5.95. The van der Waals surface area contributed by atoms with E-state index in [9.17, 15) is 9.59 Å². The number of hydrogen-bond acceptors (Lipinski definition) is 3. The average Bonchev–Trinajstić information content (AvgIpc) is 2.47. The minimum Gasteiger partial charge on any atom is -0.366 e. The Bertz CT molecular complexity index is 663. The largest absolute Gasteiger partial charge is 0.366 e. The van der Waals surface area contributed by atoms with Crippen LogP contribution < -0.4 is 11.1 Å². The fraction of sp³-hybridized carbons (Fsp3) is 0.125. The summed E-state index contributed by atoms with van der Waals surface area (Å²) in [6.45, 7) is 0. The number of rotatable bonds is 4. The van der Waals surface area contributed by atoms with Gasteiger partial charge in [0.2, 0.25) is 5.91 Å². The molecule has 0 saturated heterocycles. The van der Waals surface area contributed by atoms with Gasteiger partial charge in [-0.1, -0.05) is 6.07 Å². The van der Waals surface area contributed by atoms with Crippen LogP contribution in [0.3, 0.4) is 0 Å². The lowest BCUT2D eigenvalue weighted by Gasteiger charge is -2.12. The Morgan fingerprint density at radius 3 is 2.19 bits per heavy atom. The normalized spacial score (nSPS) is 10.0. The number of nitrogens with zero attached hydrogens (tertiary/aromatic N) is 1. The molecule has 0 radical (unpaired) electrons. The molecule has 5 heteroatoms. The summed E-state index contributed by atoms with van der Waals surface area (Å²) in [6.07, 6.45) is 0. The van der Waals surface area contributed by atoms with Crippen molar-refractivity contribution >= 4 is 23.2 Å². The van der Waals surface area contributed by atoms with E-state index in [1.807, 2.05) is 12.1 Å². The number of amides is 2. The van der Waals surface area contributed by atoms with Gasteiger partial charge in [-0.3, -0.25) is 9.59 Å². The fourth-order valence-corrected chi connectivity index (χ4v) is 1.87. The second-order valence-electron chi connectivity index (χ2n) is 4.85. The van der Waals surface area contributed by atoms with Gasteiger partial charge in [-0.25, -0.2) is 0 Å². The highest BCUT2D eigenvalue weighted by Gasteiger charge is 2.08. The van der Waals surface area contributed by atoms with Gasteiger partial charge >= 0.3 is 0 Å². The fourth-order valence-electron chi connectivity index (χ4n) is 1.87. The van der Waals surface area contributed by atoms with Crippen LogP contribution in [-0.2, 0) is 0 Å². The maximum atomic E-state index is 11.9. The molecule has 0 aliphatic carbocycles. The van der Waals surface area contributed by atoms with E-state index in [0.717, 1.165) is 11.4 Å². The summed E-state index contributed by atoms with van der Waals surface area (Å²) >= 11 is 0. The summed E-state index contributed by atoms with van der Waals surface area (Å²) in [5.74, 6) is -0.511. The first-order valence-corrected chi connectivity index (χ1v) is 6.46. The third kappa shape index (κ3) is 3.60. The molecule has 2 amide bonds. The third-order valence-corrected chi connectivity index (χ3v) is 2.97. The molecular weight excluding hydrogens is 266 g/mol. The Morgan fingerprint density at radius 2 is 1.62 bits per heavy atom. The summed E-state index contributed by atoms with van der Waals surface area (Å²) in [5.41, 5.74) is 7.88. The van der Waals surface area contributed by atoms with Gasteiger partial charge in [0, 0.05) is 36.6 Å². The highest BCUT2D eigenvalue weighted by Crippen LogP contribution is 2.18. The number of nitrogens with two attached hydrogens (primary N) is 1. The molecule has 0 unspecified atom stereocenters. The number of hydrogen-bond donors (Lipinski definition) is 2. The molecule has 0 saturated carbocycles. The van der Waals surface area contributed by atoms with Crippen LogP contribution in [0.4, 0.5) is 11.4 Å². The molecule has 0 aliphatic rings. The Kier molecular flexibility index (Phi) is 4.23. The van der Waals surface area contributed by atoms with E-state index in [1.165, 1.54) is 4.90 Å². The van der Waals surface area contributed by atoms with E-state index in [1.54, 1.807) is 50.5 Å². The number of nitrogens with one attached hydrogen (secondary N) is 1. The van der Waals surface area contributed by atoms with Gasteiger partial charge in [0.15, 0.2) is 0 Å². The summed E-state index contributed by atoms with van der Waals surface area (Å²) in [4.78, 5) is 24.5. The zero-order valence-corrected chi connectivity index (χ0v) is 12.0. The van der Waals surface area contributed by atoms with Crippen LogP contribution in [0.5, 0.6) is 0 Å². The summed E-state index contributed by atoms with van der Waals surface area (Å²) in [7, 11) is 3.43. The number of benzene rings is 2. The summed E-state index contributed by atoms with van der Waals surface area (Å²) < 4.78 is 0. The van der Waals surface area contributed by atoms with Gasteiger partial charge in [0.25, 0.3) is 5.91 Å². The Morgan fingerprint density at radius 1 is 0.952 bits per heavy atom. The third-order valence-electron chi connectivity index (χ3n) is 2.97. The predicted octanol–water partition coefficient (Wildman–Crippen LogP) is 2.23. The molecule has 2 aromatic rings. The lowest BCUT2D eigenvalue weighted by atomic mass is 10.1. The van der Waals surface area contributed by atoms with Gasteiger partial charge in [0.05, 0.1) is 0 Å². The first-order valence-electron chi connectivity index (χ1n) is 6.46. The maximum absolute atomic E-state index is 11.9. The first kappa shape index (κ1) is 14.6. The molecule has 0 aliphatic heterocycles. The van der Waals surface area contributed by atoms with Crippen molar-refractivity contribution in [3.05, 3.63) is 59.7 Å². The van der Waals surface area contributed by atoms with E-state index >= 15 is 0 Å². The standard InChI is InChI=1S/C16H17N3O2/c1-19(2)16(21)12-4-3-5-14(10-12)18-13-8-6-11(7-9-13)15(17)20/h3-10,18H,1-2H3,(H2,17,20). The molecule has 3 N–H and O–H groups in total. The lowest BCUT2D eigenvalue weighted by Crippen LogP contribution is -2.21. The number of carbonyl (C=O) groups is 2. The predicted molar refractivity (Wildman–Crippen MR) is 82.7 cm³/mol. The molecule has 2 aromatic carbocycles. The number of carbonyl (C=O) groups excluding carboxylic acids is 2. The molecule has 2 rings (SSSR count).